The van der Waals surface area contributed by atoms with Gasteiger partial charge in [-0.3, -0.25) is 14.4 Å². The third-order valence-electron chi connectivity index (χ3n) is 5.55. The molecule has 1 N–H and O–H groups in total. The molecule has 3 aromatic rings. The van der Waals surface area contributed by atoms with Crippen LogP contribution in [0.25, 0.3) is 11.0 Å². The van der Waals surface area contributed by atoms with Gasteiger partial charge < -0.3 is 19.2 Å². The van der Waals surface area contributed by atoms with Crippen molar-refractivity contribution >= 4 is 16.9 Å². The second-order valence-corrected chi connectivity index (χ2v) is 7.17. The minimum absolute atomic E-state index is 0.00717. The first-order valence-corrected chi connectivity index (χ1v) is 9.75. The molecule has 150 valence electrons. The van der Waals surface area contributed by atoms with E-state index in [-0.39, 0.29) is 11.9 Å². The highest BCUT2D eigenvalue weighted by molar-refractivity contribution is 5.97. The second kappa shape index (κ2) is 7.58. The van der Waals surface area contributed by atoms with Crippen molar-refractivity contribution in [2.24, 2.45) is 0 Å². The number of methoxy groups -OCH3 is 1. The van der Waals surface area contributed by atoms with Gasteiger partial charge in [0.1, 0.15) is 5.75 Å². The van der Waals surface area contributed by atoms with Gasteiger partial charge >= 0.3 is 11.1 Å². The van der Waals surface area contributed by atoms with Crippen LogP contribution in [0.2, 0.25) is 0 Å². The van der Waals surface area contributed by atoms with Crippen LogP contribution in [0.1, 0.15) is 41.7 Å². The first kappa shape index (κ1) is 19.0. The van der Waals surface area contributed by atoms with Crippen molar-refractivity contribution in [2.75, 3.05) is 13.7 Å². The molecule has 7 nitrogen and oxygen atoms in total. The number of carbonyl (C=O) groups excluding carboxylic acids is 1. The van der Waals surface area contributed by atoms with Gasteiger partial charge in [-0.25, -0.2) is 0 Å². The molecule has 7 heteroatoms. The second-order valence-electron chi connectivity index (χ2n) is 7.17. The number of hydrogen-bond donors (Lipinski definition) is 1. The number of aromatic nitrogens is 2. The van der Waals surface area contributed by atoms with Crippen molar-refractivity contribution < 1.29 is 9.53 Å². The zero-order valence-corrected chi connectivity index (χ0v) is 16.5. The highest BCUT2D eigenvalue weighted by atomic mass is 16.5. The van der Waals surface area contributed by atoms with Gasteiger partial charge in [-0.15, -0.1) is 0 Å². The molecule has 2 heterocycles. The van der Waals surface area contributed by atoms with Crippen LogP contribution in [0.5, 0.6) is 5.75 Å². The van der Waals surface area contributed by atoms with Crippen molar-refractivity contribution in [3.05, 3.63) is 74.3 Å². The Balaban J connectivity index is 1.69. The summed E-state index contributed by atoms with van der Waals surface area (Å²) in [6.45, 7) is 2.87. The highest BCUT2D eigenvalue weighted by Gasteiger charge is 2.30. The first-order valence-electron chi connectivity index (χ1n) is 9.75. The number of aromatic amines is 1. The number of benzene rings is 2. The molecule has 1 aromatic heterocycles. The van der Waals surface area contributed by atoms with E-state index in [9.17, 15) is 14.4 Å². The lowest BCUT2D eigenvalue weighted by molar-refractivity contribution is 0.0736. The molecule has 0 aliphatic carbocycles. The van der Waals surface area contributed by atoms with Gasteiger partial charge in [0, 0.05) is 18.7 Å². The lowest BCUT2D eigenvalue weighted by atomic mass is 10.0. The molecule has 1 amide bonds. The third kappa shape index (κ3) is 3.33. The molecule has 4 rings (SSSR count). The summed E-state index contributed by atoms with van der Waals surface area (Å²) in [7, 11) is 1.63. The fraction of sp³-hybridized carbons (Fsp3) is 0.318. The normalized spacial score (nSPS) is 16.3. The lowest BCUT2D eigenvalue weighted by Crippen LogP contribution is -2.36. The third-order valence-corrected chi connectivity index (χ3v) is 5.55. The molecule has 0 saturated carbocycles. The maximum Gasteiger partial charge on any atom is 0.316 e. The number of likely N-dealkylation sites (tertiary alicyclic amines) is 1. The zero-order valence-electron chi connectivity index (χ0n) is 16.5. The van der Waals surface area contributed by atoms with Crippen LogP contribution < -0.4 is 15.9 Å². The van der Waals surface area contributed by atoms with E-state index in [2.05, 4.69) is 4.98 Å². The number of aryl methyl sites for hydroxylation is 1. The number of ether oxygens (including phenoxy) is 1. The number of H-pyrrole nitrogens is 1. The SMILES string of the molecule is CCn1c(=O)c(=O)[nH]c2cc(C(=O)N3CCC[C@H]3c3ccc(OC)cc3)ccc21. The summed E-state index contributed by atoms with van der Waals surface area (Å²) >= 11 is 0. The van der Waals surface area contributed by atoms with E-state index < -0.39 is 11.1 Å². The van der Waals surface area contributed by atoms with Crippen LogP contribution in [0.4, 0.5) is 0 Å². The van der Waals surface area contributed by atoms with E-state index in [1.165, 1.54) is 4.57 Å². The molecular formula is C22H23N3O4. The van der Waals surface area contributed by atoms with E-state index in [1.807, 2.05) is 36.1 Å². The monoisotopic (exact) mass is 393 g/mol. The Morgan fingerprint density at radius 1 is 1.17 bits per heavy atom. The summed E-state index contributed by atoms with van der Waals surface area (Å²) in [5.74, 6) is 0.699. The van der Waals surface area contributed by atoms with Crippen LogP contribution in [0, 0.1) is 0 Å². The number of nitrogens with zero attached hydrogens (tertiary/aromatic N) is 2. The van der Waals surface area contributed by atoms with Gasteiger partial charge in [-0.05, 0) is 55.7 Å². The molecule has 2 aromatic carbocycles. The van der Waals surface area contributed by atoms with Gasteiger partial charge in [0.25, 0.3) is 5.91 Å². The molecule has 0 radical (unpaired) electrons. The Morgan fingerprint density at radius 3 is 2.62 bits per heavy atom. The number of nitrogens with one attached hydrogen (secondary N) is 1. The number of carbonyl (C=O) groups is 1. The van der Waals surface area contributed by atoms with Crippen molar-refractivity contribution in [1.29, 1.82) is 0 Å². The molecule has 1 aliphatic heterocycles. The summed E-state index contributed by atoms with van der Waals surface area (Å²) in [5.41, 5.74) is 1.41. The van der Waals surface area contributed by atoms with Crippen LogP contribution in [-0.2, 0) is 6.54 Å². The fourth-order valence-electron chi connectivity index (χ4n) is 4.07. The Bertz CT molecular complexity index is 1180. The zero-order chi connectivity index (χ0) is 20.5. The molecule has 1 aliphatic rings. The van der Waals surface area contributed by atoms with Crippen molar-refractivity contribution in [3.63, 3.8) is 0 Å². The lowest BCUT2D eigenvalue weighted by Gasteiger charge is -2.25. The minimum Gasteiger partial charge on any atom is -0.497 e. The number of hydrogen-bond acceptors (Lipinski definition) is 4. The Kier molecular flexibility index (Phi) is 4.96. The van der Waals surface area contributed by atoms with Gasteiger partial charge in [-0.2, -0.15) is 0 Å². The van der Waals surface area contributed by atoms with Crippen LogP contribution in [-0.4, -0.2) is 34.0 Å². The standard InChI is InChI=1S/C22H23N3O4/c1-3-24-19-11-8-15(13-17(19)23-20(26)22(24)28)21(27)25-12-4-5-18(25)14-6-9-16(29-2)10-7-14/h6-11,13,18H,3-5,12H2,1-2H3,(H,23,26)/t18-/m0/s1. The van der Waals surface area contributed by atoms with Crippen LogP contribution in [0.3, 0.4) is 0 Å². The Morgan fingerprint density at radius 2 is 1.93 bits per heavy atom. The van der Waals surface area contributed by atoms with Gasteiger partial charge in [0.05, 0.1) is 24.2 Å². The predicted octanol–water partition coefficient (Wildman–Crippen LogP) is 2.70. The topological polar surface area (TPSA) is 84.4 Å². The van der Waals surface area contributed by atoms with Crippen molar-refractivity contribution in [3.8, 4) is 5.75 Å². The van der Waals surface area contributed by atoms with E-state index >= 15 is 0 Å². The maximum absolute atomic E-state index is 13.2. The summed E-state index contributed by atoms with van der Waals surface area (Å²) < 4.78 is 6.63. The highest BCUT2D eigenvalue weighted by Crippen LogP contribution is 2.34. The first-order chi connectivity index (χ1) is 14.0. The van der Waals surface area contributed by atoms with E-state index in [1.54, 1.807) is 25.3 Å². The Labute approximate surface area is 167 Å². The number of rotatable bonds is 4. The molecule has 1 fully saturated rings. The Hall–Kier alpha value is -3.35. The summed E-state index contributed by atoms with van der Waals surface area (Å²) in [4.78, 5) is 41.7. The van der Waals surface area contributed by atoms with Crippen LogP contribution >= 0.6 is 0 Å². The van der Waals surface area contributed by atoms with Gasteiger partial charge in [0.15, 0.2) is 0 Å². The molecule has 0 bridgehead atoms. The number of fused-ring (bicyclic) bond motifs is 1. The van der Waals surface area contributed by atoms with E-state index in [0.717, 1.165) is 24.2 Å². The van der Waals surface area contributed by atoms with E-state index in [4.69, 9.17) is 4.74 Å². The molecule has 1 atom stereocenters. The quantitative estimate of drug-likeness (QED) is 0.691. The molecule has 29 heavy (non-hydrogen) atoms. The maximum atomic E-state index is 13.2. The predicted molar refractivity (Wildman–Crippen MR) is 111 cm³/mol. The average molecular weight is 393 g/mol. The number of amides is 1. The minimum atomic E-state index is -0.679. The smallest absolute Gasteiger partial charge is 0.316 e. The fourth-order valence-corrected chi connectivity index (χ4v) is 4.07. The largest absolute Gasteiger partial charge is 0.497 e. The molecule has 1 saturated heterocycles. The molecule has 0 unspecified atom stereocenters. The molecule has 0 spiro atoms. The van der Waals surface area contributed by atoms with E-state index in [0.29, 0.717) is 29.7 Å². The average Bonchev–Trinajstić information content (AvgIpc) is 3.24. The summed E-state index contributed by atoms with van der Waals surface area (Å²) in [5, 5.41) is 0. The summed E-state index contributed by atoms with van der Waals surface area (Å²) in [6.07, 6.45) is 1.83. The van der Waals surface area contributed by atoms with Gasteiger partial charge in [0.2, 0.25) is 0 Å². The van der Waals surface area contributed by atoms with Crippen molar-refractivity contribution in [2.45, 2.75) is 32.4 Å². The molecular weight excluding hydrogens is 370 g/mol. The summed E-state index contributed by atoms with van der Waals surface area (Å²) in [6, 6.07) is 12.9. The van der Waals surface area contributed by atoms with Crippen molar-refractivity contribution in [1.82, 2.24) is 14.5 Å². The van der Waals surface area contributed by atoms with Crippen LogP contribution in [0.15, 0.2) is 52.1 Å². The van der Waals surface area contributed by atoms with Gasteiger partial charge in [-0.1, -0.05) is 12.1 Å².